The highest BCUT2D eigenvalue weighted by Gasteiger charge is 2.32. The number of allylic oxidation sites excluding steroid dienone is 2. The van der Waals surface area contributed by atoms with Crippen LogP contribution in [0.1, 0.15) is 83.5 Å². The Kier molecular flexibility index (Phi) is 7.81. The van der Waals surface area contributed by atoms with Crippen LogP contribution in [0.3, 0.4) is 0 Å². The molecule has 0 radical (unpaired) electrons. The van der Waals surface area contributed by atoms with Gasteiger partial charge in [-0.3, -0.25) is 0 Å². The third-order valence-corrected chi connectivity index (χ3v) is 5.19. The summed E-state index contributed by atoms with van der Waals surface area (Å²) in [6.07, 6.45) is 22.7. The van der Waals surface area contributed by atoms with Gasteiger partial charge in [0, 0.05) is 0 Å². The molecule has 0 spiro atoms. The second-order valence-corrected chi connectivity index (χ2v) is 7.37. The Morgan fingerprint density at radius 2 is 1.57 bits per heavy atom. The van der Waals surface area contributed by atoms with Crippen molar-refractivity contribution in [3.05, 3.63) is 12.2 Å². The smallest absolute Gasteiger partial charge is 0.0669 e. The Labute approximate surface area is 131 Å². The minimum atomic E-state index is 0.0360. The van der Waals surface area contributed by atoms with Gasteiger partial charge >= 0.3 is 0 Å². The molecule has 2 heteroatoms. The first kappa shape index (κ1) is 17.0. The Hall–Kier alpha value is -0.340. The maximum Gasteiger partial charge on any atom is 0.0669 e. The first-order valence-corrected chi connectivity index (χ1v) is 9.30. The Balaban J connectivity index is 1.30. The molecule has 122 valence electrons. The van der Waals surface area contributed by atoms with Crippen LogP contribution >= 0.6 is 0 Å². The average molecular weight is 293 g/mol. The van der Waals surface area contributed by atoms with E-state index in [4.69, 9.17) is 10.5 Å². The summed E-state index contributed by atoms with van der Waals surface area (Å²) in [6, 6.07) is 0. The van der Waals surface area contributed by atoms with Crippen LogP contribution in [-0.4, -0.2) is 18.8 Å². The third kappa shape index (κ3) is 6.97. The predicted octanol–water partition coefficient (Wildman–Crippen LogP) is 4.97. The quantitative estimate of drug-likeness (QED) is 0.431. The lowest BCUT2D eigenvalue weighted by atomic mass is 9.89. The number of hydrogen-bond donors (Lipinski definition) is 1. The molecule has 1 heterocycles. The van der Waals surface area contributed by atoms with Crippen molar-refractivity contribution >= 4 is 0 Å². The normalized spacial score (nSPS) is 24.0. The number of nitrogens with two attached hydrogens (primary N) is 1. The molecule has 0 bridgehead atoms. The van der Waals surface area contributed by atoms with Crippen molar-refractivity contribution in [2.75, 3.05) is 13.2 Å². The summed E-state index contributed by atoms with van der Waals surface area (Å²) in [4.78, 5) is 0. The summed E-state index contributed by atoms with van der Waals surface area (Å²) >= 11 is 0. The average Bonchev–Trinajstić information content (AvgIpc) is 2.48. The maximum absolute atomic E-state index is 6.13. The fourth-order valence-electron chi connectivity index (χ4n) is 3.60. The van der Waals surface area contributed by atoms with Crippen LogP contribution in [0.4, 0.5) is 0 Å². The van der Waals surface area contributed by atoms with Crippen molar-refractivity contribution in [1.82, 2.24) is 0 Å². The summed E-state index contributed by atoms with van der Waals surface area (Å²) in [5.74, 6) is 0.995. The molecule has 2 nitrogen and oxygen atoms in total. The number of ether oxygens (including phenoxy) is 1. The van der Waals surface area contributed by atoms with Crippen molar-refractivity contribution in [3.63, 3.8) is 0 Å². The van der Waals surface area contributed by atoms with Gasteiger partial charge in [-0.15, -0.1) is 0 Å². The van der Waals surface area contributed by atoms with E-state index < -0.39 is 0 Å². The maximum atomic E-state index is 6.13. The van der Waals surface area contributed by atoms with Crippen LogP contribution in [0.2, 0.25) is 0 Å². The van der Waals surface area contributed by atoms with E-state index in [-0.39, 0.29) is 5.54 Å². The highest BCUT2D eigenvalue weighted by Crippen LogP contribution is 2.24. The van der Waals surface area contributed by atoms with Crippen molar-refractivity contribution in [1.29, 1.82) is 0 Å². The monoisotopic (exact) mass is 293 g/mol. The molecule has 2 N–H and O–H groups in total. The van der Waals surface area contributed by atoms with E-state index in [1.807, 2.05) is 0 Å². The van der Waals surface area contributed by atoms with Crippen LogP contribution in [-0.2, 0) is 4.74 Å². The Bertz CT molecular complexity index is 296. The van der Waals surface area contributed by atoms with Crippen LogP contribution in [0, 0.1) is 5.92 Å². The lowest BCUT2D eigenvalue weighted by Gasteiger charge is -2.37. The van der Waals surface area contributed by atoms with Crippen LogP contribution in [0.5, 0.6) is 0 Å². The first-order chi connectivity index (χ1) is 10.3. The van der Waals surface area contributed by atoms with Crippen molar-refractivity contribution in [3.8, 4) is 0 Å². The molecule has 0 amide bonds. The second kappa shape index (κ2) is 9.63. The molecule has 0 aromatic heterocycles. The van der Waals surface area contributed by atoms with Crippen molar-refractivity contribution < 1.29 is 4.74 Å². The summed E-state index contributed by atoms with van der Waals surface area (Å²) in [6.45, 7) is 1.56. The molecular weight excluding hydrogens is 258 g/mol. The molecule has 1 fully saturated rings. The SMILES string of the molecule is NC1(CCCCCCCCCCC2CC=CCC2)COC1. The van der Waals surface area contributed by atoms with Gasteiger partial charge in [-0.1, -0.05) is 69.9 Å². The van der Waals surface area contributed by atoms with E-state index in [0.717, 1.165) is 25.6 Å². The highest BCUT2D eigenvalue weighted by atomic mass is 16.5. The van der Waals surface area contributed by atoms with Gasteiger partial charge in [-0.2, -0.15) is 0 Å². The largest absolute Gasteiger partial charge is 0.377 e. The van der Waals surface area contributed by atoms with E-state index in [1.54, 1.807) is 0 Å². The molecule has 0 aromatic rings. The standard InChI is InChI=1S/C19H35NO/c20-19(16-21-17-19)15-11-6-4-2-1-3-5-8-12-18-13-9-7-10-14-18/h7,9,18H,1-6,8,10-17,20H2. The fourth-order valence-corrected chi connectivity index (χ4v) is 3.60. The fraction of sp³-hybridized carbons (Fsp3) is 0.895. The van der Waals surface area contributed by atoms with Crippen molar-refractivity contribution in [2.45, 2.75) is 89.0 Å². The zero-order valence-corrected chi connectivity index (χ0v) is 13.8. The summed E-state index contributed by atoms with van der Waals surface area (Å²) < 4.78 is 5.19. The zero-order valence-electron chi connectivity index (χ0n) is 13.8. The van der Waals surface area contributed by atoms with E-state index in [9.17, 15) is 0 Å². The summed E-state index contributed by atoms with van der Waals surface area (Å²) in [7, 11) is 0. The van der Waals surface area contributed by atoms with Gasteiger partial charge < -0.3 is 10.5 Å². The molecule has 1 aliphatic carbocycles. The molecule has 0 aromatic carbocycles. The minimum Gasteiger partial charge on any atom is -0.377 e. The Morgan fingerprint density at radius 3 is 2.14 bits per heavy atom. The molecule has 1 aliphatic heterocycles. The van der Waals surface area contributed by atoms with Gasteiger partial charge in [-0.25, -0.2) is 0 Å². The lowest BCUT2D eigenvalue weighted by Crippen LogP contribution is -2.57. The van der Waals surface area contributed by atoms with E-state index in [0.29, 0.717) is 0 Å². The van der Waals surface area contributed by atoms with Gasteiger partial charge in [0.2, 0.25) is 0 Å². The van der Waals surface area contributed by atoms with Crippen LogP contribution in [0.15, 0.2) is 12.2 Å². The van der Waals surface area contributed by atoms with Crippen LogP contribution in [0.25, 0.3) is 0 Å². The van der Waals surface area contributed by atoms with Gasteiger partial charge in [0.1, 0.15) is 0 Å². The Morgan fingerprint density at radius 1 is 0.905 bits per heavy atom. The van der Waals surface area contributed by atoms with Gasteiger partial charge in [0.05, 0.1) is 18.8 Å². The first-order valence-electron chi connectivity index (χ1n) is 9.30. The predicted molar refractivity (Wildman–Crippen MR) is 90.4 cm³/mol. The van der Waals surface area contributed by atoms with E-state index in [2.05, 4.69) is 12.2 Å². The molecule has 21 heavy (non-hydrogen) atoms. The molecule has 1 atom stereocenters. The molecular formula is C19H35NO. The van der Waals surface area contributed by atoms with Crippen LogP contribution < -0.4 is 5.73 Å². The molecule has 2 rings (SSSR count). The number of hydrogen-bond acceptors (Lipinski definition) is 2. The van der Waals surface area contributed by atoms with E-state index in [1.165, 1.54) is 77.0 Å². The van der Waals surface area contributed by atoms with Crippen molar-refractivity contribution in [2.24, 2.45) is 11.7 Å². The lowest BCUT2D eigenvalue weighted by molar-refractivity contribution is -0.0582. The third-order valence-electron chi connectivity index (χ3n) is 5.19. The number of rotatable bonds is 11. The second-order valence-electron chi connectivity index (χ2n) is 7.37. The number of unbranched alkanes of at least 4 members (excludes halogenated alkanes) is 7. The summed E-state index contributed by atoms with van der Waals surface area (Å²) in [5, 5.41) is 0. The molecule has 2 aliphatic rings. The molecule has 0 saturated carbocycles. The molecule has 1 saturated heterocycles. The zero-order chi connectivity index (χ0) is 14.8. The minimum absolute atomic E-state index is 0.0360. The topological polar surface area (TPSA) is 35.2 Å². The van der Waals surface area contributed by atoms with Gasteiger partial charge in [-0.05, 0) is 31.6 Å². The van der Waals surface area contributed by atoms with Gasteiger partial charge in [0.25, 0.3) is 0 Å². The summed E-state index contributed by atoms with van der Waals surface area (Å²) in [5.41, 5.74) is 6.17. The van der Waals surface area contributed by atoms with Gasteiger partial charge in [0.15, 0.2) is 0 Å². The highest BCUT2D eigenvalue weighted by molar-refractivity contribution is 4.90. The molecule has 1 unspecified atom stereocenters. The van der Waals surface area contributed by atoms with E-state index >= 15 is 0 Å².